The molecule has 1 fully saturated rings. The highest BCUT2D eigenvalue weighted by Gasteiger charge is 2.46. The van der Waals surface area contributed by atoms with Crippen molar-refractivity contribution in [2.45, 2.75) is 39.2 Å². The van der Waals surface area contributed by atoms with Crippen LogP contribution in [-0.4, -0.2) is 44.8 Å². The van der Waals surface area contributed by atoms with Crippen molar-refractivity contribution < 1.29 is 4.74 Å². The van der Waals surface area contributed by atoms with Crippen molar-refractivity contribution in [3.05, 3.63) is 64.3 Å². The highest BCUT2D eigenvalue weighted by molar-refractivity contribution is 6.33. The fraction of sp³-hybridized carbons (Fsp3) is 0.385. The molecule has 1 saturated heterocycles. The van der Waals surface area contributed by atoms with Crippen molar-refractivity contribution in [2.75, 3.05) is 25.1 Å². The molecule has 6 rings (SSSR count). The van der Waals surface area contributed by atoms with Gasteiger partial charge in [0, 0.05) is 43.2 Å². The Morgan fingerprint density at radius 1 is 1.11 bits per heavy atom. The predicted octanol–water partition coefficient (Wildman–Crippen LogP) is 4.31. The number of ether oxygens (including phenoxy) is 1. The Morgan fingerprint density at radius 2 is 1.91 bits per heavy atom. The van der Waals surface area contributed by atoms with E-state index in [0.717, 1.165) is 71.9 Å². The summed E-state index contributed by atoms with van der Waals surface area (Å²) < 4.78 is 7.29. The van der Waals surface area contributed by atoms with Gasteiger partial charge in [-0.3, -0.25) is 4.98 Å². The van der Waals surface area contributed by atoms with Crippen LogP contribution >= 0.6 is 11.6 Å². The van der Waals surface area contributed by atoms with Crippen LogP contribution in [0, 0.1) is 19.3 Å². The maximum absolute atomic E-state index is 6.79. The van der Waals surface area contributed by atoms with Gasteiger partial charge in [-0.25, -0.2) is 14.5 Å². The maximum atomic E-state index is 6.79. The van der Waals surface area contributed by atoms with E-state index in [0.29, 0.717) is 10.9 Å². The standard InChI is InChI=1S/C26H28ClN7O/c1-15-22(27)18(4-8-29-15)23-16(2)32-25(20-5-9-31-34(20)23)33-10-6-26(7-11-33)13-17-12-21(35-3)30-14-19(17)24(26)28/h4-5,8-9,12,14,24H,6-7,10-11,13,28H2,1-3H3/t24-/m1/s1. The molecule has 0 bridgehead atoms. The highest BCUT2D eigenvalue weighted by Crippen LogP contribution is 2.51. The highest BCUT2D eigenvalue weighted by atomic mass is 35.5. The third kappa shape index (κ3) is 3.38. The second-order valence-corrected chi connectivity index (χ2v) is 10.1. The quantitative estimate of drug-likeness (QED) is 0.458. The van der Waals surface area contributed by atoms with Gasteiger partial charge >= 0.3 is 0 Å². The summed E-state index contributed by atoms with van der Waals surface area (Å²) in [6.45, 7) is 5.69. The van der Waals surface area contributed by atoms with Gasteiger partial charge < -0.3 is 15.4 Å². The second kappa shape index (κ2) is 8.17. The molecule has 4 aromatic heterocycles. The van der Waals surface area contributed by atoms with Crippen LogP contribution < -0.4 is 15.4 Å². The molecule has 4 aromatic rings. The molecule has 1 aliphatic carbocycles. The van der Waals surface area contributed by atoms with Crippen LogP contribution in [0.4, 0.5) is 5.82 Å². The summed E-state index contributed by atoms with van der Waals surface area (Å²) in [6.07, 6.45) is 8.43. The summed E-state index contributed by atoms with van der Waals surface area (Å²) in [6, 6.07) is 5.98. The molecule has 1 spiro atoms. The number of anilines is 1. The van der Waals surface area contributed by atoms with Crippen LogP contribution in [-0.2, 0) is 6.42 Å². The lowest BCUT2D eigenvalue weighted by atomic mass is 9.73. The largest absolute Gasteiger partial charge is 0.481 e. The topological polar surface area (TPSA) is 94.5 Å². The summed E-state index contributed by atoms with van der Waals surface area (Å²) in [5, 5.41) is 5.27. The molecule has 35 heavy (non-hydrogen) atoms. The minimum atomic E-state index is -0.0119. The maximum Gasteiger partial charge on any atom is 0.213 e. The zero-order valence-electron chi connectivity index (χ0n) is 20.1. The molecule has 2 N–H and O–H groups in total. The average molecular weight is 490 g/mol. The Labute approximate surface area is 209 Å². The molecular formula is C26H28ClN7O. The van der Waals surface area contributed by atoms with Gasteiger partial charge in [0.05, 0.1) is 35.4 Å². The van der Waals surface area contributed by atoms with Crippen LogP contribution in [0.2, 0.25) is 5.02 Å². The Morgan fingerprint density at radius 3 is 2.69 bits per heavy atom. The van der Waals surface area contributed by atoms with E-state index in [-0.39, 0.29) is 11.5 Å². The van der Waals surface area contributed by atoms with E-state index in [1.165, 1.54) is 5.56 Å². The number of halogens is 1. The monoisotopic (exact) mass is 489 g/mol. The number of nitrogens with zero attached hydrogens (tertiary/aromatic N) is 6. The summed E-state index contributed by atoms with van der Waals surface area (Å²) in [5.74, 6) is 1.60. The number of nitrogens with two attached hydrogens (primary N) is 1. The van der Waals surface area contributed by atoms with Gasteiger partial charge in [-0.1, -0.05) is 11.6 Å². The van der Waals surface area contributed by atoms with Crippen LogP contribution in [0.1, 0.15) is 41.4 Å². The van der Waals surface area contributed by atoms with Gasteiger partial charge in [0.25, 0.3) is 0 Å². The smallest absolute Gasteiger partial charge is 0.213 e. The first-order valence-corrected chi connectivity index (χ1v) is 12.3. The third-order valence-electron chi connectivity index (χ3n) is 7.82. The molecule has 0 saturated carbocycles. The first kappa shape index (κ1) is 22.2. The van der Waals surface area contributed by atoms with E-state index >= 15 is 0 Å². The number of piperidine rings is 1. The molecule has 0 radical (unpaired) electrons. The van der Waals surface area contributed by atoms with Crippen LogP contribution in [0.15, 0.2) is 36.8 Å². The average Bonchev–Trinajstić information content (AvgIpc) is 3.44. The van der Waals surface area contributed by atoms with Crippen molar-refractivity contribution in [1.82, 2.24) is 24.6 Å². The number of methoxy groups -OCH3 is 1. The molecular weight excluding hydrogens is 462 g/mol. The molecule has 0 unspecified atom stereocenters. The molecule has 2 aliphatic rings. The normalized spacial score (nSPS) is 18.9. The lowest BCUT2D eigenvalue weighted by molar-refractivity contribution is 0.187. The van der Waals surface area contributed by atoms with Gasteiger partial charge in [0.15, 0.2) is 5.82 Å². The number of rotatable bonds is 3. The first-order valence-electron chi connectivity index (χ1n) is 11.9. The van der Waals surface area contributed by atoms with Gasteiger partial charge in [-0.05, 0) is 61.8 Å². The SMILES string of the molecule is COc1cc2c(cn1)[C@@H](N)C1(CCN(c3nc(C)c(-c4ccnc(C)c4Cl)n4nccc34)CC1)C2. The van der Waals surface area contributed by atoms with E-state index in [9.17, 15) is 0 Å². The van der Waals surface area contributed by atoms with Gasteiger partial charge in [0.2, 0.25) is 5.88 Å². The van der Waals surface area contributed by atoms with Crippen molar-refractivity contribution >= 4 is 22.9 Å². The van der Waals surface area contributed by atoms with E-state index in [1.54, 1.807) is 13.3 Å². The molecule has 1 aliphatic heterocycles. The second-order valence-electron chi connectivity index (χ2n) is 9.68. The molecule has 1 atom stereocenters. The first-order chi connectivity index (χ1) is 16.9. The van der Waals surface area contributed by atoms with E-state index in [2.05, 4.69) is 20.0 Å². The fourth-order valence-electron chi connectivity index (χ4n) is 5.85. The number of fused-ring (bicyclic) bond motifs is 2. The molecule has 5 heterocycles. The van der Waals surface area contributed by atoms with Gasteiger partial charge in [-0.15, -0.1) is 0 Å². The van der Waals surface area contributed by atoms with Crippen molar-refractivity contribution in [2.24, 2.45) is 11.1 Å². The van der Waals surface area contributed by atoms with Crippen molar-refractivity contribution in [1.29, 1.82) is 0 Å². The minimum Gasteiger partial charge on any atom is -0.481 e. The summed E-state index contributed by atoms with van der Waals surface area (Å²) >= 11 is 6.63. The zero-order chi connectivity index (χ0) is 24.3. The number of aryl methyl sites for hydroxylation is 2. The number of hydrogen-bond acceptors (Lipinski definition) is 7. The van der Waals surface area contributed by atoms with Gasteiger partial charge in [0.1, 0.15) is 5.52 Å². The molecule has 0 aromatic carbocycles. The van der Waals surface area contributed by atoms with E-state index in [4.69, 9.17) is 27.1 Å². The molecule has 8 nitrogen and oxygen atoms in total. The van der Waals surface area contributed by atoms with Gasteiger partial charge in [-0.2, -0.15) is 5.10 Å². The number of aromatic nitrogens is 5. The van der Waals surface area contributed by atoms with Crippen molar-refractivity contribution in [3.63, 3.8) is 0 Å². The lowest BCUT2D eigenvalue weighted by Crippen LogP contribution is -2.44. The van der Waals surface area contributed by atoms with Crippen LogP contribution in [0.25, 0.3) is 16.8 Å². The van der Waals surface area contributed by atoms with E-state index in [1.807, 2.05) is 49.0 Å². The predicted molar refractivity (Wildman–Crippen MR) is 136 cm³/mol. The van der Waals surface area contributed by atoms with Crippen molar-refractivity contribution in [3.8, 4) is 17.1 Å². The van der Waals surface area contributed by atoms with E-state index < -0.39 is 0 Å². The Hall–Kier alpha value is -3.23. The minimum absolute atomic E-state index is 0.0119. The fourth-order valence-corrected chi connectivity index (χ4v) is 6.05. The van der Waals surface area contributed by atoms with Crippen LogP contribution in [0.5, 0.6) is 5.88 Å². The summed E-state index contributed by atoms with van der Waals surface area (Å²) in [4.78, 5) is 16.1. The van der Waals surface area contributed by atoms with Crippen LogP contribution in [0.3, 0.4) is 0 Å². The number of pyridine rings is 2. The third-order valence-corrected chi connectivity index (χ3v) is 8.30. The number of hydrogen-bond donors (Lipinski definition) is 1. The molecule has 180 valence electrons. The molecule has 0 amide bonds. The summed E-state index contributed by atoms with van der Waals surface area (Å²) in [5.41, 5.74) is 13.7. The summed E-state index contributed by atoms with van der Waals surface area (Å²) in [7, 11) is 1.65. The zero-order valence-corrected chi connectivity index (χ0v) is 20.9. The Balaban J connectivity index is 1.32. The Kier molecular flexibility index (Phi) is 5.19. The lowest BCUT2D eigenvalue weighted by Gasteiger charge is -2.42. The Bertz CT molecular complexity index is 1440. The molecule has 9 heteroatoms.